The van der Waals surface area contributed by atoms with Gasteiger partial charge in [-0.25, -0.2) is 4.79 Å². The van der Waals surface area contributed by atoms with Gasteiger partial charge in [-0.05, 0) is 0 Å². The van der Waals surface area contributed by atoms with E-state index in [1.165, 1.54) is 0 Å². The molecule has 0 fully saturated rings. The van der Waals surface area contributed by atoms with Gasteiger partial charge < -0.3 is 5.11 Å². The van der Waals surface area contributed by atoms with E-state index >= 15 is 0 Å². The topological polar surface area (TPSA) is 37.3 Å². The molecule has 0 bridgehead atoms. The standard InChI is InChI=1S/C2H2O2.Mn/c3-1-2-4;/h1,3H;. The summed E-state index contributed by atoms with van der Waals surface area (Å²) in [6, 6.07) is 0. The fourth-order valence-corrected chi connectivity index (χ4v) is 0. The van der Waals surface area contributed by atoms with Crippen molar-refractivity contribution in [1.29, 1.82) is 0 Å². The van der Waals surface area contributed by atoms with E-state index in [0.29, 0.717) is 6.26 Å². The van der Waals surface area contributed by atoms with E-state index in [1.807, 2.05) is 0 Å². The third-order valence-corrected chi connectivity index (χ3v) is 0.0527. The van der Waals surface area contributed by atoms with E-state index in [-0.39, 0.29) is 17.1 Å². The normalized spacial score (nSPS) is 3.20. The molecule has 2 nitrogen and oxygen atoms in total. The van der Waals surface area contributed by atoms with Gasteiger partial charge in [-0.3, -0.25) is 0 Å². The van der Waals surface area contributed by atoms with Crippen LogP contribution in [0.25, 0.3) is 0 Å². The SMILES string of the molecule is O=C=CO.[Mn]. The molecule has 0 aromatic carbocycles. The minimum absolute atomic E-state index is 0. The first-order chi connectivity index (χ1) is 1.91. The molecule has 0 spiro atoms. The average molecular weight is 113 g/mol. The molecule has 0 saturated carbocycles. The Morgan fingerprint density at radius 2 is 2.00 bits per heavy atom. The quantitative estimate of drug-likeness (QED) is 0.270. The molecule has 0 aliphatic carbocycles. The van der Waals surface area contributed by atoms with Crippen molar-refractivity contribution in [3.63, 3.8) is 0 Å². The summed E-state index contributed by atoms with van der Waals surface area (Å²) in [4.78, 5) is 8.74. The summed E-state index contributed by atoms with van der Waals surface area (Å²) < 4.78 is 0. The molecule has 0 heterocycles. The summed E-state index contributed by atoms with van der Waals surface area (Å²) in [5.41, 5.74) is 0. The van der Waals surface area contributed by atoms with E-state index in [1.54, 1.807) is 0 Å². The maximum Gasteiger partial charge on any atom is 0.163 e. The van der Waals surface area contributed by atoms with Gasteiger partial charge in [0.05, 0.1) is 0 Å². The second-order valence-electron chi connectivity index (χ2n) is 0.247. The van der Waals surface area contributed by atoms with Gasteiger partial charge in [0.2, 0.25) is 0 Å². The van der Waals surface area contributed by atoms with Crippen LogP contribution in [0.1, 0.15) is 0 Å². The van der Waals surface area contributed by atoms with Gasteiger partial charge >= 0.3 is 0 Å². The van der Waals surface area contributed by atoms with Gasteiger partial charge in [-0.1, -0.05) is 0 Å². The molecule has 5 heavy (non-hydrogen) atoms. The Morgan fingerprint density at radius 3 is 2.00 bits per heavy atom. The van der Waals surface area contributed by atoms with E-state index in [2.05, 4.69) is 0 Å². The molecule has 0 unspecified atom stereocenters. The van der Waals surface area contributed by atoms with E-state index in [9.17, 15) is 0 Å². The van der Waals surface area contributed by atoms with Crippen molar-refractivity contribution in [3.8, 4) is 0 Å². The van der Waals surface area contributed by atoms with Gasteiger partial charge in [0.25, 0.3) is 0 Å². The second kappa shape index (κ2) is 9.23. The van der Waals surface area contributed by atoms with Crippen molar-refractivity contribution in [2.75, 3.05) is 0 Å². The van der Waals surface area contributed by atoms with Crippen molar-refractivity contribution in [2.45, 2.75) is 0 Å². The molecule has 0 rings (SSSR count). The Bertz CT molecular complexity index is 45.6. The Kier molecular flexibility index (Phi) is 16.3. The molecule has 0 aromatic rings. The molecule has 0 aliphatic rings. The Balaban J connectivity index is 0. The number of hydrogen-bond acceptors (Lipinski definition) is 2. The second-order valence-corrected chi connectivity index (χ2v) is 0.247. The van der Waals surface area contributed by atoms with Crippen LogP contribution in [-0.2, 0) is 21.9 Å². The molecule has 29 valence electrons. The largest absolute Gasteiger partial charge is 0.504 e. The summed E-state index contributed by atoms with van der Waals surface area (Å²) in [6.45, 7) is 0. The molecule has 0 amide bonds. The summed E-state index contributed by atoms with van der Waals surface area (Å²) >= 11 is 0. The van der Waals surface area contributed by atoms with Crippen LogP contribution in [0, 0.1) is 0 Å². The van der Waals surface area contributed by atoms with E-state index < -0.39 is 0 Å². The molecular weight excluding hydrogens is 111 g/mol. The molecule has 1 radical (unpaired) electrons. The van der Waals surface area contributed by atoms with Crippen LogP contribution in [-0.4, -0.2) is 11.0 Å². The smallest absolute Gasteiger partial charge is 0.163 e. The van der Waals surface area contributed by atoms with Crippen LogP contribution in [0.4, 0.5) is 0 Å². The van der Waals surface area contributed by atoms with Crippen LogP contribution in [0.2, 0.25) is 0 Å². The molecule has 0 aromatic heterocycles. The zero-order chi connectivity index (χ0) is 3.41. The van der Waals surface area contributed by atoms with Crippen molar-refractivity contribution in [2.24, 2.45) is 0 Å². The first-order valence-electron chi connectivity index (χ1n) is 0.751. The van der Waals surface area contributed by atoms with Gasteiger partial charge in [0, 0.05) is 17.1 Å². The van der Waals surface area contributed by atoms with Crippen LogP contribution in [0.15, 0.2) is 6.26 Å². The Morgan fingerprint density at radius 1 is 1.80 bits per heavy atom. The fourth-order valence-electron chi connectivity index (χ4n) is 0. The van der Waals surface area contributed by atoms with Crippen molar-refractivity contribution < 1.29 is 27.0 Å². The molecule has 0 aliphatic heterocycles. The van der Waals surface area contributed by atoms with Crippen molar-refractivity contribution in [3.05, 3.63) is 6.26 Å². The average Bonchev–Trinajstić information content (AvgIpc) is 1.37. The number of aliphatic hydroxyl groups excluding tert-OH is 1. The van der Waals surface area contributed by atoms with Gasteiger partial charge in [-0.15, -0.1) is 0 Å². The Labute approximate surface area is 40.0 Å². The first kappa shape index (κ1) is 8.84. The molecule has 0 atom stereocenters. The third kappa shape index (κ3) is 19.9. The summed E-state index contributed by atoms with van der Waals surface area (Å²) in [5, 5.41) is 7.33. The summed E-state index contributed by atoms with van der Waals surface area (Å²) in [5.74, 6) is 1.11. The van der Waals surface area contributed by atoms with E-state index in [4.69, 9.17) is 9.90 Å². The first-order valence-corrected chi connectivity index (χ1v) is 0.751. The number of aliphatic hydroxyl groups is 1. The molecular formula is C2H2MnO2. The minimum atomic E-state index is 0. The predicted octanol–water partition coefficient (Wildman–Crippen LogP) is -0.113. The maximum atomic E-state index is 8.74. The van der Waals surface area contributed by atoms with E-state index in [0.717, 1.165) is 5.94 Å². The number of carbonyl (C=O) groups excluding carboxylic acids is 1. The summed E-state index contributed by atoms with van der Waals surface area (Å²) in [7, 11) is 0. The molecule has 1 N–H and O–H groups in total. The Hall–Kier alpha value is -0.231. The van der Waals surface area contributed by atoms with Crippen LogP contribution in [0.5, 0.6) is 0 Å². The van der Waals surface area contributed by atoms with Gasteiger partial charge in [0.15, 0.2) is 12.2 Å². The molecule has 3 heteroatoms. The van der Waals surface area contributed by atoms with Crippen LogP contribution < -0.4 is 0 Å². The fraction of sp³-hybridized carbons (Fsp3) is 0. The number of hydrogen-bond donors (Lipinski definition) is 1. The minimum Gasteiger partial charge on any atom is -0.504 e. The third-order valence-electron chi connectivity index (χ3n) is 0.0527. The number of rotatable bonds is 0. The zero-order valence-electron chi connectivity index (χ0n) is 2.31. The predicted molar refractivity (Wildman–Crippen MR) is 12.9 cm³/mol. The van der Waals surface area contributed by atoms with Gasteiger partial charge in [-0.2, -0.15) is 0 Å². The maximum absolute atomic E-state index is 8.74. The van der Waals surface area contributed by atoms with Gasteiger partial charge in [0.1, 0.15) is 0 Å². The van der Waals surface area contributed by atoms with Crippen molar-refractivity contribution >= 4 is 5.94 Å². The summed E-state index contributed by atoms with van der Waals surface area (Å²) in [6.07, 6.45) is 0.319. The van der Waals surface area contributed by atoms with Crippen LogP contribution >= 0.6 is 0 Å². The zero-order valence-corrected chi connectivity index (χ0v) is 3.49. The monoisotopic (exact) mass is 113 g/mol. The van der Waals surface area contributed by atoms with Crippen LogP contribution in [0.3, 0.4) is 0 Å². The molecule has 0 saturated heterocycles. The van der Waals surface area contributed by atoms with Crippen molar-refractivity contribution in [1.82, 2.24) is 0 Å².